The Hall–Kier alpha value is -1.26. The molecule has 1 amide bonds. The number of carbonyl (C=O) groups is 2. The normalized spacial score (nSPS) is 9.33. The standard InChI is InChI=1S/C7H12NO4/c1-4-11-7(10)8-12-6(9)5(2)3/h5H,4H2,1-3H3. The maximum atomic E-state index is 10.7. The van der Waals surface area contributed by atoms with Crippen LogP contribution in [0.4, 0.5) is 4.79 Å². The highest BCUT2D eigenvalue weighted by molar-refractivity contribution is 5.74. The third-order valence-corrected chi connectivity index (χ3v) is 0.949. The van der Waals surface area contributed by atoms with Crippen LogP contribution in [0.25, 0.3) is 0 Å². The van der Waals surface area contributed by atoms with Gasteiger partial charge in [-0.1, -0.05) is 13.8 Å². The second-order valence-electron chi connectivity index (χ2n) is 2.36. The van der Waals surface area contributed by atoms with Crippen molar-refractivity contribution in [3.05, 3.63) is 0 Å². The van der Waals surface area contributed by atoms with Crippen LogP contribution < -0.4 is 5.48 Å². The molecular formula is C7H12NO4. The van der Waals surface area contributed by atoms with Gasteiger partial charge in [-0.3, -0.25) is 0 Å². The molecule has 0 aromatic heterocycles. The monoisotopic (exact) mass is 174 g/mol. The molecular weight excluding hydrogens is 162 g/mol. The first-order valence-electron chi connectivity index (χ1n) is 3.66. The first-order valence-corrected chi connectivity index (χ1v) is 3.66. The zero-order valence-corrected chi connectivity index (χ0v) is 7.36. The molecule has 0 unspecified atom stereocenters. The van der Waals surface area contributed by atoms with Gasteiger partial charge in [-0.05, 0) is 6.92 Å². The molecule has 0 saturated heterocycles. The van der Waals surface area contributed by atoms with Crippen LogP contribution in [0.15, 0.2) is 0 Å². The van der Waals surface area contributed by atoms with Gasteiger partial charge in [0.25, 0.3) is 0 Å². The minimum absolute atomic E-state index is 0.210. The highest BCUT2D eigenvalue weighted by atomic mass is 16.7. The van der Waals surface area contributed by atoms with E-state index in [0.717, 1.165) is 0 Å². The molecule has 1 radical (unpaired) electrons. The van der Waals surface area contributed by atoms with Crippen molar-refractivity contribution in [2.75, 3.05) is 6.61 Å². The van der Waals surface area contributed by atoms with Crippen molar-refractivity contribution in [3.63, 3.8) is 0 Å². The summed E-state index contributed by atoms with van der Waals surface area (Å²) in [5, 5.41) is 0. The highest BCUT2D eigenvalue weighted by Crippen LogP contribution is 1.94. The van der Waals surface area contributed by atoms with E-state index in [1.54, 1.807) is 20.8 Å². The van der Waals surface area contributed by atoms with Crippen LogP contribution in [0.5, 0.6) is 0 Å². The van der Waals surface area contributed by atoms with Crippen LogP contribution in [0, 0.1) is 5.92 Å². The fourth-order valence-electron chi connectivity index (χ4n) is 0.337. The molecule has 0 spiro atoms. The maximum Gasteiger partial charge on any atom is 0.466 e. The van der Waals surface area contributed by atoms with Gasteiger partial charge in [0.1, 0.15) is 0 Å². The lowest BCUT2D eigenvalue weighted by Gasteiger charge is -2.03. The van der Waals surface area contributed by atoms with Crippen molar-refractivity contribution in [1.29, 1.82) is 0 Å². The Bertz CT molecular complexity index is 167. The maximum absolute atomic E-state index is 10.7. The lowest BCUT2D eigenvalue weighted by Crippen LogP contribution is -2.23. The number of rotatable bonds is 2. The lowest BCUT2D eigenvalue weighted by atomic mass is 10.2. The molecule has 0 aliphatic carbocycles. The number of hydroxylamine groups is 1. The Morgan fingerprint density at radius 3 is 2.42 bits per heavy atom. The minimum atomic E-state index is -0.883. The molecule has 0 heterocycles. The van der Waals surface area contributed by atoms with Gasteiger partial charge in [-0.25, -0.2) is 9.59 Å². The number of amides is 1. The molecule has 0 aliphatic heterocycles. The minimum Gasteiger partial charge on any atom is -0.446 e. The second-order valence-corrected chi connectivity index (χ2v) is 2.36. The van der Waals surface area contributed by atoms with E-state index in [9.17, 15) is 9.59 Å². The first kappa shape index (κ1) is 10.7. The molecule has 0 fully saturated rings. The van der Waals surface area contributed by atoms with Gasteiger partial charge in [-0.2, -0.15) is 0 Å². The smallest absolute Gasteiger partial charge is 0.446 e. The molecule has 0 aromatic carbocycles. The Balaban J connectivity index is 3.54. The molecule has 0 rings (SSSR count). The molecule has 5 nitrogen and oxygen atoms in total. The van der Waals surface area contributed by atoms with E-state index in [0.29, 0.717) is 0 Å². The van der Waals surface area contributed by atoms with E-state index in [2.05, 4.69) is 15.1 Å². The summed E-state index contributed by atoms with van der Waals surface area (Å²) < 4.78 is 4.39. The quantitative estimate of drug-likeness (QED) is 0.582. The Morgan fingerprint density at radius 1 is 1.42 bits per heavy atom. The summed E-state index contributed by atoms with van der Waals surface area (Å²) in [7, 11) is 0. The fraction of sp³-hybridized carbons (Fsp3) is 0.714. The van der Waals surface area contributed by atoms with Crippen molar-refractivity contribution in [2.24, 2.45) is 5.92 Å². The number of hydrogen-bond donors (Lipinski definition) is 0. The van der Waals surface area contributed by atoms with Gasteiger partial charge in [0.15, 0.2) is 0 Å². The molecule has 0 aliphatic rings. The van der Waals surface area contributed by atoms with Crippen molar-refractivity contribution in [1.82, 2.24) is 5.48 Å². The van der Waals surface area contributed by atoms with Gasteiger partial charge in [-0.15, -0.1) is 0 Å². The van der Waals surface area contributed by atoms with Gasteiger partial charge >= 0.3 is 12.1 Å². The molecule has 12 heavy (non-hydrogen) atoms. The van der Waals surface area contributed by atoms with Crippen molar-refractivity contribution in [3.8, 4) is 0 Å². The van der Waals surface area contributed by atoms with Crippen molar-refractivity contribution < 1.29 is 19.2 Å². The molecule has 0 bridgehead atoms. The summed E-state index contributed by atoms with van der Waals surface area (Å²) in [6, 6.07) is 0. The molecule has 69 valence electrons. The number of ether oxygens (including phenoxy) is 1. The molecule has 0 aromatic rings. The predicted octanol–water partition coefficient (Wildman–Crippen LogP) is 0.861. The average molecular weight is 174 g/mol. The van der Waals surface area contributed by atoms with Crippen LogP contribution in [0.1, 0.15) is 20.8 Å². The van der Waals surface area contributed by atoms with Gasteiger partial charge < -0.3 is 9.57 Å². The van der Waals surface area contributed by atoms with Crippen LogP contribution >= 0.6 is 0 Å². The molecule has 0 N–H and O–H groups in total. The Morgan fingerprint density at radius 2 is 2.00 bits per heavy atom. The third-order valence-electron chi connectivity index (χ3n) is 0.949. The predicted molar refractivity (Wildman–Crippen MR) is 40.1 cm³/mol. The zero-order valence-electron chi connectivity index (χ0n) is 7.36. The van der Waals surface area contributed by atoms with Crippen molar-refractivity contribution in [2.45, 2.75) is 20.8 Å². The number of nitrogens with zero attached hydrogens (tertiary/aromatic N) is 1. The van der Waals surface area contributed by atoms with Crippen molar-refractivity contribution >= 4 is 12.1 Å². The highest BCUT2D eigenvalue weighted by Gasteiger charge is 2.12. The molecule has 0 saturated carbocycles. The summed E-state index contributed by atoms with van der Waals surface area (Å²) >= 11 is 0. The van der Waals surface area contributed by atoms with Crippen LogP contribution in [0.3, 0.4) is 0 Å². The van der Waals surface area contributed by atoms with E-state index in [1.165, 1.54) is 0 Å². The van der Waals surface area contributed by atoms with Gasteiger partial charge in [0.05, 0.1) is 12.5 Å². The van der Waals surface area contributed by atoms with E-state index >= 15 is 0 Å². The fourth-order valence-corrected chi connectivity index (χ4v) is 0.337. The van der Waals surface area contributed by atoms with E-state index in [1.807, 2.05) is 0 Å². The molecule has 0 atom stereocenters. The summed E-state index contributed by atoms with van der Waals surface area (Å²) in [6.07, 6.45) is -0.883. The topological polar surface area (TPSA) is 66.7 Å². The SMILES string of the molecule is CCOC(=O)[N]OC(=O)C(C)C. The van der Waals surface area contributed by atoms with E-state index < -0.39 is 12.1 Å². The summed E-state index contributed by atoms with van der Waals surface area (Å²) in [5.74, 6) is -0.855. The zero-order chi connectivity index (χ0) is 9.56. The summed E-state index contributed by atoms with van der Waals surface area (Å²) in [4.78, 5) is 25.5. The van der Waals surface area contributed by atoms with Crippen LogP contribution in [-0.4, -0.2) is 18.7 Å². The first-order chi connectivity index (χ1) is 5.57. The third kappa shape index (κ3) is 4.54. The Labute approximate surface area is 71.0 Å². The van der Waals surface area contributed by atoms with Crippen LogP contribution in [-0.2, 0) is 14.4 Å². The van der Waals surface area contributed by atoms with Crippen LogP contribution in [0.2, 0.25) is 0 Å². The second kappa shape index (κ2) is 5.40. The number of hydrogen-bond acceptors (Lipinski definition) is 4. The summed E-state index contributed by atoms with van der Waals surface area (Å²) in [6.45, 7) is 5.13. The summed E-state index contributed by atoms with van der Waals surface area (Å²) in [5.41, 5.74) is 2.92. The average Bonchev–Trinajstić information content (AvgIpc) is 2.00. The number of carbonyl (C=O) groups excluding carboxylic acids is 2. The van der Waals surface area contributed by atoms with Gasteiger partial charge in [0, 0.05) is 5.48 Å². The van der Waals surface area contributed by atoms with E-state index in [4.69, 9.17) is 0 Å². The van der Waals surface area contributed by atoms with E-state index in [-0.39, 0.29) is 12.5 Å². The molecule has 5 heteroatoms. The Kier molecular flexibility index (Phi) is 4.83. The van der Waals surface area contributed by atoms with Gasteiger partial charge in [0.2, 0.25) is 0 Å². The largest absolute Gasteiger partial charge is 0.466 e. The lowest BCUT2D eigenvalue weighted by molar-refractivity contribution is -0.154.